The molecule has 1 aliphatic heterocycles. The number of hydrogen-bond acceptors (Lipinski definition) is 5. The number of thiazole rings is 1. The van der Waals surface area contributed by atoms with Crippen LogP contribution in [0.15, 0.2) is 5.38 Å². The lowest BCUT2D eigenvalue weighted by atomic mass is 10.2. The number of aryl methyl sites for hydroxylation is 1. The minimum Gasteiger partial charge on any atom is -0.339 e. The lowest BCUT2D eigenvalue weighted by molar-refractivity contribution is 0.601. The van der Waals surface area contributed by atoms with Gasteiger partial charge in [0.2, 0.25) is 5.95 Å². The maximum absolute atomic E-state index is 4.46. The van der Waals surface area contributed by atoms with E-state index in [9.17, 15) is 0 Å². The van der Waals surface area contributed by atoms with Gasteiger partial charge in [0, 0.05) is 24.2 Å². The van der Waals surface area contributed by atoms with Crippen LogP contribution >= 0.6 is 11.3 Å². The Morgan fingerprint density at radius 1 is 1.44 bits per heavy atom. The molecule has 3 rings (SSSR count). The lowest BCUT2D eigenvalue weighted by Crippen LogP contribution is -2.37. The molecule has 0 aromatic carbocycles. The van der Waals surface area contributed by atoms with Crippen molar-refractivity contribution in [1.82, 2.24) is 20.2 Å². The molecule has 1 fully saturated rings. The van der Waals surface area contributed by atoms with Gasteiger partial charge in [-0.2, -0.15) is 4.98 Å². The molecule has 5 nitrogen and oxygen atoms in total. The Balaban J connectivity index is 1.72. The molecule has 0 atom stereocenters. The van der Waals surface area contributed by atoms with E-state index < -0.39 is 0 Å². The molecule has 0 spiro atoms. The van der Waals surface area contributed by atoms with Crippen LogP contribution in [0.25, 0.3) is 0 Å². The highest BCUT2D eigenvalue weighted by Gasteiger charge is 2.18. The van der Waals surface area contributed by atoms with Gasteiger partial charge in [0.05, 0.1) is 6.42 Å². The van der Waals surface area contributed by atoms with Gasteiger partial charge in [-0.25, -0.2) is 4.98 Å². The van der Waals surface area contributed by atoms with Crippen LogP contribution in [-0.2, 0) is 6.42 Å². The summed E-state index contributed by atoms with van der Waals surface area (Å²) >= 11 is 1.67. The number of aromatic amines is 1. The van der Waals surface area contributed by atoms with Crippen molar-refractivity contribution in [2.75, 3.05) is 18.0 Å². The molecule has 1 saturated heterocycles. The molecule has 1 aliphatic rings. The zero-order chi connectivity index (χ0) is 11.0. The largest absolute Gasteiger partial charge is 0.339 e. The number of nitrogens with one attached hydrogen (secondary N) is 1. The summed E-state index contributed by atoms with van der Waals surface area (Å²) in [6.45, 7) is 4.16. The number of nitrogens with zero attached hydrogens (tertiary/aromatic N) is 4. The lowest BCUT2D eigenvalue weighted by Gasteiger charge is -2.29. The summed E-state index contributed by atoms with van der Waals surface area (Å²) in [5.74, 6) is 1.73. The smallest absolute Gasteiger partial charge is 0.244 e. The van der Waals surface area contributed by atoms with Crippen LogP contribution in [0, 0.1) is 6.92 Å². The summed E-state index contributed by atoms with van der Waals surface area (Å²) in [6, 6.07) is 0. The maximum atomic E-state index is 4.46. The topological polar surface area (TPSA) is 57.7 Å². The highest BCUT2D eigenvalue weighted by Crippen LogP contribution is 2.17. The van der Waals surface area contributed by atoms with Crippen LogP contribution in [0.5, 0.6) is 0 Å². The summed E-state index contributed by atoms with van der Waals surface area (Å²) in [7, 11) is 0. The third-order valence-corrected chi connectivity index (χ3v) is 3.61. The summed E-state index contributed by atoms with van der Waals surface area (Å²) in [4.78, 5) is 11.0. The van der Waals surface area contributed by atoms with E-state index in [1.165, 1.54) is 6.42 Å². The number of rotatable bonds is 3. The first kappa shape index (κ1) is 9.77. The molecule has 0 bridgehead atoms. The third kappa shape index (κ3) is 1.80. The Labute approximate surface area is 97.5 Å². The zero-order valence-electron chi connectivity index (χ0n) is 9.10. The molecule has 0 amide bonds. The molecule has 16 heavy (non-hydrogen) atoms. The second kappa shape index (κ2) is 3.86. The minimum atomic E-state index is 0.749. The highest BCUT2D eigenvalue weighted by atomic mass is 32.1. The molecular weight excluding hydrogens is 222 g/mol. The summed E-state index contributed by atoms with van der Waals surface area (Å²) < 4.78 is 0. The Morgan fingerprint density at radius 3 is 2.94 bits per heavy atom. The average Bonchev–Trinajstić information content (AvgIpc) is 2.74. The van der Waals surface area contributed by atoms with Crippen molar-refractivity contribution in [2.45, 2.75) is 19.8 Å². The number of H-pyrrole nitrogens is 1. The van der Waals surface area contributed by atoms with Gasteiger partial charge >= 0.3 is 0 Å². The highest BCUT2D eigenvalue weighted by molar-refractivity contribution is 7.09. The van der Waals surface area contributed by atoms with E-state index in [-0.39, 0.29) is 0 Å². The number of aromatic nitrogens is 4. The van der Waals surface area contributed by atoms with Crippen molar-refractivity contribution in [3.8, 4) is 0 Å². The van der Waals surface area contributed by atoms with Gasteiger partial charge in [0.15, 0.2) is 0 Å². The predicted octanol–water partition coefficient (Wildman–Crippen LogP) is 1.37. The van der Waals surface area contributed by atoms with Crippen LogP contribution in [0.1, 0.15) is 22.9 Å². The first-order chi connectivity index (χ1) is 7.81. The van der Waals surface area contributed by atoms with Crippen molar-refractivity contribution in [1.29, 1.82) is 0 Å². The van der Waals surface area contributed by atoms with Crippen molar-refractivity contribution >= 4 is 17.3 Å². The van der Waals surface area contributed by atoms with Crippen molar-refractivity contribution < 1.29 is 0 Å². The van der Waals surface area contributed by atoms with Gasteiger partial charge in [0.1, 0.15) is 10.8 Å². The summed E-state index contributed by atoms with van der Waals surface area (Å²) in [6.07, 6.45) is 1.99. The molecule has 1 N–H and O–H groups in total. The van der Waals surface area contributed by atoms with Gasteiger partial charge in [-0.1, -0.05) is 0 Å². The van der Waals surface area contributed by atoms with E-state index in [0.29, 0.717) is 0 Å². The van der Waals surface area contributed by atoms with E-state index in [4.69, 9.17) is 0 Å². The van der Waals surface area contributed by atoms with Gasteiger partial charge in [-0.15, -0.1) is 16.4 Å². The Hall–Kier alpha value is -1.43. The predicted molar refractivity (Wildman–Crippen MR) is 62.9 cm³/mol. The molecule has 3 heterocycles. The second-order valence-electron chi connectivity index (χ2n) is 3.98. The van der Waals surface area contributed by atoms with Crippen LogP contribution < -0.4 is 4.90 Å². The van der Waals surface area contributed by atoms with Gasteiger partial charge < -0.3 is 4.90 Å². The molecular formula is C10H13N5S. The van der Waals surface area contributed by atoms with E-state index in [2.05, 4.69) is 30.4 Å². The summed E-state index contributed by atoms with van der Waals surface area (Å²) in [5.41, 5.74) is 1.07. The van der Waals surface area contributed by atoms with Crippen LogP contribution in [0.2, 0.25) is 0 Å². The first-order valence-corrected chi connectivity index (χ1v) is 6.26. The number of hydrogen-bond donors (Lipinski definition) is 1. The molecule has 0 saturated carbocycles. The SMILES string of the molecule is Cc1csc(Cc2nc(N3CCC3)n[nH]2)n1. The fraction of sp³-hybridized carbons (Fsp3) is 0.500. The van der Waals surface area contributed by atoms with E-state index >= 15 is 0 Å². The van der Waals surface area contributed by atoms with Crippen LogP contribution in [0.3, 0.4) is 0 Å². The number of anilines is 1. The molecule has 84 valence electrons. The fourth-order valence-corrected chi connectivity index (χ4v) is 2.43. The van der Waals surface area contributed by atoms with Crippen molar-refractivity contribution in [3.63, 3.8) is 0 Å². The molecule has 2 aromatic rings. The van der Waals surface area contributed by atoms with E-state index in [1.54, 1.807) is 11.3 Å². The van der Waals surface area contributed by atoms with E-state index in [1.807, 2.05) is 6.92 Å². The minimum absolute atomic E-state index is 0.749. The molecule has 6 heteroatoms. The monoisotopic (exact) mass is 235 g/mol. The van der Waals surface area contributed by atoms with Gasteiger partial charge in [0.25, 0.3) is 0 Å². The van der Waals surface area contributed by atoms with E-state index in [0.717, 1.165) is 42.0 Å². The van der Waals surface area contributed by atoms with Crippen molar-refractivity contribution in [2.24, 2.45) is 0 Å². The quantitative estimate of drug-likeness (QED) is 0.873. The normalized spacial score (nSPS) is 15.2. The molecule has 0 aliphatic carbocycles. The third-order valence-electron chi connectivity index (χ3n) is 2.64. The van der Waals surface area contributed by atoms with Crippen LogP contribution in [0.4, 0.5) is 5.95 Å². The molecule has 0 radical (unpaired) electrons. The molecule has 0 unspecified atom stereocenters. The van der Waals surface area contributed by atoms with Gasteiger partial charge in [-0.3, -0.25) is 5.10 Å². The Bertz CT molecular complexity index is 485. The van der Waals surface area contributed by atoms with Crippen molar-refractivity contribution in [3.05, 3.63) is 21.9 Å². The Morgan fingerprint density at radius 2 is 2.31 bits per heavy atom. The second-order valence-corrected chi connectivity index (χ2v) is 4.92. The van der Waals surface area contributed by atoms with Crippen LogP contribution in [-0.4, -0.2) is 33.3 Å². The maximum Gasteiger partial charge on any atom is 0.244 e. The summed E-state index contributed by atoms with van der Waals surface area (Å²) in [5, 5.41) is 10.3. The Kier molecular flexibility index (Phi) is 2.36. The standard InChI is InChI=1S/C10H13N5S/c1-7-6-16-9(11-7)5-8-12-10(14-13-8)15-3-2-4-15/h6H,2-5H2,1H3,(H,12,13,14). The zero-order valence-corrected chi connectivity index (χ0v) is 9.92. The first-order valence-electron chi connectivity index (χ1n) is 5.38. The van der Waals surface area contributed by atoms with Gasteiger partial charge in [-0.05, 0) is 13.3 Å². The molecule has 2 aromatic heterocycles. The average molecular weight is 235 g/mol. The fourth-order valence-electron chi connectivity index (χ4n) is 1.65.